The fraction of sp³-hybridized carbons (Fsp3) is 0.100. The molecule has 0 unspecified atom stereocenters. The van der Waals surface area contributed by atoms with Gasteiger partial charge in [-0.1, -0.05) is 0 Å². The van der Waals surface area contributed by atoms with Crippen LogP contribution in [0.25, 0.3) is 11.4 Å². The molecule has 0 aliphatic rings. The van der Waals surface area contributed by atoms with E-state index in [1.165, 1.54) is 6.20 Å². The Labute approximate surface area is 91.0 Å². The summed E-state index contributed by atoms with van der Waals surface area (Å²) in [4.78, 5) is 8.20. The SMILES string of the molecule is Cc1cscc1-c1ncc(C#N)c(N)n1. The quantitative estimate of drug-likeness (QED) is 0.790. The summed E-state index contributed by atoms with van der Waals surface area (Å²) in [6, 6.07) is 1.93. The van der Waals surface area contributed by atoms with Crippen LogP contribution in [0.5, 0.6) is 0 Å². The van der Waals surface area contributed by atoms with E-state index >= 15 is 0 Å². The van der Waals surface area contributed by atoms with Crippen molar-refractivity contribution in [2.24, 2.45) is 0 Å². The van der Waals surface area contributed by atoms with E-state index < -0.39 is 0 Å². The molecule has 0 bridgehead atoms. The lowest BCUT2D eigenvalue weighted by molar-refractivity contribution is 1.17. The van der Waals surface area contributed by atoms with Crippen molar-refractivity contribution in [3.05, 3.63) is 28.1 Å². The molecule has 4 nitrogen and oxygen atoms in total. The minimum absolute atomic E-state index is 0.230. The van der Waals surface area contributed by atoms with Gasteiger partial charge in [-0.25, -0.2) is 9.97 Å². The van der Waals surface area contributed by atoms with E-state index in [2.05, 4.69) is 9.97 Å². The van der Waals surface area contributed by atoms with Crippen LogP contribution in [0.1, 0.15) is 11.1 Å². The molecule has 0 amide bonds. The summed E-state index contributed by atoms with van der Waals surface area (Å²) in [6.45, 7) is 1.99. The molecule has 0 spiro atoms. The van der Waals surface area contributed by atoms with Gasteiger partial charge in [0.25, 0.3) is 0 Å². The van der Waals surface area contributed by atoms with Gasteiger partial charge in [0.1, 0.15) is 17.5 Å². The lowest BCUT2D eigenvalue weighted by atomic mass is 10.2. The van der Waals surface area contributed by atoms with Crippen LogP contribution in [0, 0.1) is 18.3 Å². The monoisotopic (exact) mass is 216 g/mol. The van der Waals surface area contributed by atoms with Crippen LogP contribution < -0.4 is 5.73 Å². The number of rotatable bonds is 1. The van der Waals surface area contributed by atoms with Crippen molar-refractivity contribution in [3.8, 4) is 17.5 Å². The molecule has 2 rings (SSSR count). The summed E-state index contributed by atoms with van der Waals surface area (Å²) in [5, 5.41) is 12.7. The first kappa shape index (κ1) is 9.62. The van der Waals surface area contributed by atoms with Gasteiger partial charge in [0.15, 0.2) is 5.82 Å². The maximum absolute atomic E-state index is 8.69. The van der Waals surface area contributed by atoms with Crippen LogP contribution in [-0.2, 0) is 0 Å². The Balaban J connectivity index is 2.53. The molecule has 2 aromatic rings. The zero-order chi connectivity index (χ0) is 10.8. The topological polar surface area (TPSA) is 75.6 Å². The van der Waals surface area contributed by atoms with Crippen LogP contribution in [0.4, 0.5) is 5.82 Å². The van der Waals surface area contributed by atoms with Crippen molar-refractivity contribution >= 4 is 17.2 Å². The standard InChI is InChI=1S/C10H8N4S/c1-6-4-15-5-8(6)10-13-3-7(2-11)9(12)14-10/h3-5H,1H3,(H2,12,13,14). The lowest BCUT2D eigenvalue weighted by Gasteiger charge is -2.00. The first-order valence-corrected chi connectivity index (χ1v) is 5.22. The number of nitriles is 1. The van der Waals surface area contributed by atoms with E-state index in [9.17, 15) is 0 Å². The van der Waals surface area contributed by atoms with Crippen molar-refractivity contribution in [1.29, 1.82) is 5.26 Å². The molecule has 0 saturated carbocycles. The van der Waals surface area contributed by atoms with E-state index in [0.717, 1.165) is 11.1 Å². The highest BCUT2D eigenvalue weighted by atomic mass is 32.1. The van der Waals surface area contributed by atoms with E-state index in [0.29, 0.717) is 11.4 Å². The number of hydrogen-bond donors (Lipinski definition) is 1. The highest BCUT2D eigenvalue weighted by Crippen LogP contribution is 2.24. The zero-order valence-electron chi connectivity index (χ0n) is 8.06. The molecular weight excluding hydrogens is 208 g/mol. The molecule has 0 radical (unpaired) electrons. The molecule has 2 heterocycles. The van der Waals surface area contributed by atoms with Gasteiger partial charge in [-0.2, -0.15) is 16.6 Å². The molecule has 2 N–H and O–H groups in total. The Kier molecular flexibility index (Phi) is 2.35. The smallest absolute Gasteiger partial charge is 0.162 e. The fourth-order valence-electron chi connectivity index (χ4n) is 1.20. The predicted octanol–water partition coefficient (Wildman–Crippen LogP) is 1.97. The number of hydrogen-bond acceptors (Lipinski definition) is 5. The van der Waals surface area contributed by atoms with Crippen LogP contribution in [-0.4, -0.2) is 9.97 Å². The number of nitrogen functional groups attached to an aromatic ring is 1. The van der Waals surface area contributed by atoms with E-state index in [1.807, 2.05) is 23.8 Å². The summed E-state index contributed by atoms with van der Waals surface area (Å²) in [5.41, 5.74) is 8.01. The molecule has 74 valence electrons. The maximum Gasteiger partial charge on any atom is 0.162 e. The van der Waals surface area contributed by atoms with Gasteiger partial charge < -0.3 is 5.73 Å². The van der Waals surface area contributed by atoms with Crippen LogP contribution >= 0.6 is 11.3 Å². The Morgan fingerprint density at radius 2 is 2.27 bits per heavy atom. The Bertz CT molecular complexity index is 539. The summed E-state index contributed by atoms with van der Waals surface area (Å²) >= 11 is 1.59. The second-order valence-electron chi connectivity index (χ2n) is 3.07. The number of aromatic nitrogens is 2. The third kappa shape index (κ3) is 1.67. The van der Waals surface area contributed by atoms with Crippen molar-refractivity contribution < 1.29 is 0 Å². The summed E-state index contributed by atoms with van der Waals surface area (Å²) < 4.78 is 0. The van der Waals surface area contributed by atoms with E-state index in [-0.39, 0.29) is 5.82 Å². The van der Waals surface area contributed by atoms with Gasteiger partial charge >= 0.3 is 0 Å². The lowest BCUT2D eigenvalue weighted by Crippen LogP contribution is -1.98. The molecule has 5 heteroatoms. The Morgan fingerprint density at radius 1 is 1.47 bits per heavy atom. The van der Waals surface area contributed by atoms with E-state index in [4.69, 9.17) is 11.0 Å². The van der Waals surface area contributed by atoms with Gasteiger partial charge in [-0.3, -0.25) is 0 Å². The Hall–Kier alpha value is -1.93. The Morgan fingerprint density at radius 3 is 2.80 bits per heavy atom. The van der Waals surface area contributed by atoms with Gasteiger partial charge in [-0.15, -0.1) is 0 Å². The predicted molar refractivity (Wildman–Crippen MR) is 59.2 cm³/mol. The molecule has 0 saturated heterocycles. The maximum atomic E-state index is 8.69. The number of nitrogens with zero attached hydrogens (tertiary/aromatic N) is 3. The minimum atomic E-state index is 0.230. The average Bonchev–Trinajstić information content (AvgIpc) is 2.64. The molecule has 0 aromatic carbocycles. The van der Waals surface area contributed by atoms with Crippen molar-refractivity contribution in [3.63, 3.8) is 0 Å². The number of anilines is 1. The number of thiophene rings is 1. The fourth-order valence-corrected chi connectivity index (χ4v) is 2.03. The largest absolute Gasteiger partial charge is 0.382 e. The van der Waals surface area contributed by atoms with Crippen LogP contribution in [0.2, 0.25) is 0 Å². The summed E-state index contributed by atoms with van der Waals surface area (Å²) in [6.07, 6.45) is 1.45. The van der Waals surface area contributed by atoms with Crippen LogP contribution in [0.15, 0.2) is 17.0 Å². The second kappa shape index (κ2) is 3.67. The molecular formula is C10H8N4S. The van der Waals surface area contributed by atoms with Crippen LogP contribution in [0.3, 0.4) is 0 Å². The third-order valence-electron chi connectivity index (χ3n) is 2.04. The normalized spacial score (nSPS) is 9.87. The first-order chi connectivity index (χ1) is 7.22. The highest BCUT2D eigenvalue weighted by Gasteiger charge is 2.08. The van der Waals surface area contributed by atoms with Gasteiger partial charge in [0.05, 0.1) is 6.20 Å². The second-order valence-corrected chi connectivity index (χ2v) is 3.82. The summed E-state index contributed by atoms with van der Waals surface area (Å²) in [7, 11) is 0. The molecule has 2 aromatic heterocycles. The molecule has 0 aliphatic carbocycles. The molecule has 0 aliphatic heterocycles. The summed E-state index contributed by atoms with van der Waals surface area (Å²) in [5.74, 6) is 0.804. The van der Waals surface area contributed by atoms with Gasteiger partial charge in [0, 0.05) is 10.9 Å². The highest BCUT2D eigenvalue weighted by molar-refractivity contribution is 7.08. The molecule has 0 fully saturated rings. The number of nitrogens with two attached hydrogens (primary N) is 1. The zero-order valence-corrected chi connectivity index (χ0v) is 8.88. The van der Waals surface area contributed by atoms with Gasteiger partial charge in [-0.05, 0) is 17.9 Å². The van der Waals surface area contributed by atoms with E-state index in [1.54, 1.807) is 11.3 Å². The van der Waals surface area contributed by atoms with Crippen molar-refractivity contribution in [2.45, 2.75) is 6.92 Å². The minimum Gasteiger partial charge on any atom is -0.382 e. The number of aryl methyl sites for hydroxylation is 1. The van der Waals surface area contributed by atoms with Gasteiger partial charge in [0.2, 0.25) is 0 Å². The third-order valence-corrected chi connectivity index (χ3v) is 2.90. The first-order valence-electron chi connectivity index (χ1n) is 4.28. The molecule has 15 heavy (non-hydrogen) atoms. The van der Waals surface area contributed by atoms with Crippen molar-refractivity contribution in [1.82, 2.24) is 9.97 Å². The average molecular weight is 216 g/mol. The molecule has 0 atom stereocenters. The van der Waals surface area contributed by atoms with Crippen molar-refractivity contribution in [2.75, 3.05) is 5.73 Å².